The summed E-state index contributed by atoms with van der Waals surface area (Å²) < 4.78 is 41.3. The fourth-order valence-corrected chi connectivity index (χ4v) is 4.48. The van der Waals surface area contributed by atoms with Crippen molar-refractivity contribution < 1.29 is 18.0 Å². The second kappa shape index (κ2) is 7.96. The number of rotatable bonds is 5. The minimum Gasteiger partial charge on any atom is -0.338 e. The molecule has 2 unspecified atom stereocenters. The first-order chi connectivity index (χ1) is 15.4. The van der Waals surface area contributed by atoms with Crippen molar-refractivity contribution in [3.63, 3.8) is 0 Å². The van der Waals surface area contributed by atoms with Gasteiger partial charge in [0.15, 0.2) is 0 Å². The molecule has 1 saturated carbocycles. The Morgan fingerprint density at radius 2 is 2.06 bits per heavy atom. The molecule has 0 spiro atoms. The van der Waals surface area contributed by atoms with E-state index < -0.39 is 11.7 Å². The Kier molecular flexibility index (Phi) is 5.11. The molecule has 6 nitrogen and oxygen atoms in total. The third-order valence-corrected chi connectivity index (χ3v) is 6.24. The molecule has 1 aromatic carbocycles. The topological polar surface area (TPSA) is 63.1 Å². The molecule has 5 rings (SSSR count). The summed E-state index contributed by atoms with van der Waals surface area (Å²) in [5.41, 5.74) is 1.08. The molecule has 1 aliphatic heterocycles. The molecule has 1 aliphatic carbocycles. The molecule has 0 radical (unpaired) electrons. The van der Waals surface area contributed by atoms with Crippen LogP contribution in [0.15, 0.2) is 55.1 Å². The Hall–Kier alpha value is -3.36. The zero-order chi connectivity index (χ0) is 22.3. The molecule has 2 atom stereocenters. The number of pyridine rings is 1. The van der Waals surface area contributed by atoms with Gasteiger partial charge in [0.1, 0.15) is 5.82 Å². The molecule has 2 aromatic heterocycles. The van der Waals surface area contributed by atoms with Gasteiger partial charge in [-0.2, -0.15) is 13.2 Å². The second-order valence-corrected chi connectivity index (χ2v) is 8.20. The van der Waals surface area contributed by atoms with E-state index >= 15 is 0 Å². The van der Waals surface area contributed by atoms with Crippen LogP contribution in [0.2, 0.25) is 0 Å². The van der Waals surface area contributed by atoms with Crippen LogP contribution in [0.5, 0.6) is 0 Å². The van der Waals surface area contributed by atoms with Crippen LogP contribution in [0.4, 0.5) is 23.8 Å². The monoisotopic (exact) mass is 441 g/mol. The fraction of sp³-hybridized carbons (Fsp3) is 0.348. The highest BCUT2D eigenvalue weighted by Gasteiger charge is 2.48. The number of alkyl halides is 3. The molecular weight excluding hydrogens is 419 g/mol. The number of nitrogens with one attached hydrogen (secondary N) is 1. The van der Waals surface area contributed by atoms with Gasteiger partial charge in [-0.3, -0.25) is 4.90 Å². The molecule has 166 valence electrons. The Morgan fingerprint density at radius 3 is 2.78 bits per heavy atom. The lowest BCUT2D eigenvalue weighted by molar-refractivity contribution is -0.137. The molecule has 1 fully saturated rings. The van der Waals surface area contributed by atoms with Gasteiger partial charge < -0.3 is 9.88 Å². The molecule has 2 amide bonds. The quantitative estimate of drug-likeness (QED) is 0.577. The van der Waals surface area contributed by atoms with E-state index in [1.54, 1.807) is 29.6 Å². The van der Waals surface area contributed by atoms with Crippen LogP contribution in [-0.2, 0) is 12.7 Å². The summed E-state index contributed by atoms with van der Waals surface area (Å²) in [6.45, 7) is 1.26. The third kappa shape index (κ3) is 3.72. The fourth-order valence-electron chi connectivity index (χ4n) is 4.48. The number of aryl methyl sites for hydroxylation is 1. The SMILES string of the molecule is O=C(NCCCn1ccnc1)N1c2nc(-c3cccc(C(F)(F)F)c3)ccc2C2CCC21. The number of halogens is 3. The van der Waals surface area contributed by atoms with Crippen molar-refractivity contribution >= 4 is 11.8 Å². The molecular formula is C23H22F3N5O. The standard InChI is InChI=1S/C23H22F3N5O/c24-23(25,26)16-4-1-3-15(13-16)19-7-5-18-17-6-8-20(17)31(21(18)29-19)22(32)28-9-2-11-30-12-10-27-14-30/h1,3-5,7,10,12-14,17,20H,2,6,8-9,11H2,(H,28,32). The maximum Gasteiger partial charge on any atom is 0.416 e. The van der Waals surface area contributed by atoms with Crippen LogP contribution in [-0.4, -0.2) is 33.2 Å². The normalized spacial score (nSPS) is 19.3. The lowest BCUT2D eigenvalue weighted by atomic mass is 9.78. The molecule has 2 aliphatic rings. The minimum absolute atomic E-state index is 0.0582. The highest BCUT2D eigenvalue weighted by Crippen LogP contribution is 2.51. The van der Waals surface area contributed by atoms with Crippen LogP contribution in [0, 0.1) is 0 Å². The number of benzene rings is 1. The van der Waals surface area contributed by atoms with Gasteiger partial charge in [0.2, 0.25) is 0 Å². The zero-order valence-electron chi connectivity index (χ0n) is 17.2. The average molecular weight is 441 g/mol. The maximum atomic E-state index is 13.1. The van der Waals surface area contributed by atoms with E-state index in [0.29, 0.717) is 23.6 Å². The van der Waals surface area contributed by atoms with Crippen molar-refractivity contribution in [2.45, 2.75) is 43.9 Å². The van der Waals surface area contributed by atoms with Crippen molar-refractivity contribution in [2.24, 2.45) is 0 Å². The van der Waals surface area contributed by atoms with E-state index in [2.05, 4.69) is 15.3 Å². The first-order valence-electron chi connectivity index (χ1n) is 10.6. The van der Waals surface area contributed by atoms with Gasteiger partial charge in [-0.05, 0) is 37.5 Å². The highest BCUT2D eigenvalue weighted by molar-refractivity contribution is 5.95. The number of hydrogen-bond acceptors (Lipinski definition) is 3. The van der Waals surface area contributed by atoms with Crippen molar-refractivity contribution in [1.29, 1.82) is 0 Å². The van der Waals surface area contributed by atoms with E-state index in [1.807, 2.05) is 16.8 Å². The number of urea groups is 1. The van der Waals surface area contributed by atoms with E-state index in [-0.39, 0.29) is 18.0 Å². The number of carbonyl (C=O) groups excluding carboxylic acids is 1. The molecule has 3 heterocycles. The summed E-state index contributed by atoms with van der Waals surface area (Å²) in [4.78, 5) is 23.3. The molecule has 1 N–H and O–H groups in total. The van der Waals surface area contributed by atoms with E-state index in [4.69, 9.17) is 0 Å². The average Bonchev–Trinajstić information content (AvgIpc) is 3.34. The summed E-state index contributed by atoms with van der Waals surface area (Å²) in [5, 5.41) is 2.97. The van der Waals surface area contributed by atoms with Crippen molar-refractivity contribution in [3.05, 3.63) is 66.2 Å². The summed E-state index contributed by atoms with van der Waals surface area (Å²) in [7, 11) is 0. The van der Waals surface area contributed by atoms with Crippen molar-refractivity contribution in [2.75, 3.05) is 11.4 Å². The number of fused-ring (bicyclic) bond motifs is 3. The minimum atomic E-state index is -4.42. The van der Waals surface area contributed by atoms with Crippen molar-refractivity contribution in [3.8, 4) is 11.3 Å². The van der Waals surface area contributed by atoms with Gasteiger partial charge in [0.25, 0.3) is 0 Å². The highest BCUT2D eigenvalue weighted by atomic mass is 19.4. The summed E-state index contributed by atoms with van der Waals surface area (Å²) in [6, 6.07) is 8.62. The van der Waals surface area contributed by atoms with Gasteiger partial charge in [-0.25, -0.2) is 14.8 Å². The van der Waals surface area contributed by atoms with Gasteiger partial charge in [-0.15, -0.1) is 0 Å². The van der Waals surface area contributed by atoms with Gasteiger partial charge in [0, 0.05) is 48.6 Å². The number of carbonyl (C=O) groups is 1. The number of aromatic nitrogens is 3. The largest absolute Gasteiger partial charge is 0.416 e. The smallest absolute Gasteiger partial charge is 0.338 e. The summed E-state index contributed by atoms with van der Waals surface area (Å²) in [6.07, 6.45) is 3.52. The number of imidazole rings is 1. The molecule has 0 saturated heterocycles. The maximum absolute atomic E-state index is 13.1. The summed E-state index contributed by atoms with van der Waals surface area (Å²) in [5.74, 6) is 0.796. The predicted octanol–water partition coefficient (Wildman–Crippen LogP) is 4.83. The van der Waals surface area contributed by atoms with Crippen LogP contribution in [0.3, 0.4) is 0 Å². The molecule has 3 aromatic rings. The van der Waals surface area contributed by atoms with Crippen LogP contribution < -0.4 is 10.2 Å². The Bertz CT molecular complexity index is 1130. The lowest BCUT2D eigenvalue weighted by Gasteiger charge is -2.35. The predicted molar refractivity (Wildman–Crippen MR) is 113 cm³/mol. The molecule has 9 heteroatoms. The lowest BCUT2D eigenvalue weighted by Crippen LogP contribution is -2.49. The Morgan fingerprint density at radius 1 is 1.19 bits per heavy atom. The Balaban J connectivity index is 1.35. The van der Waals surface area contributed by atoms with Gasteiger partial charge in [0.05, 0.1) is 17.6 Å². The van der Waals surface area contributed by atoms with Crippen LogP contribution in [0.1, 0.15) is 36.3 Å². The number of hydrogen-bond donors (Lipinski definition) is 1. The Labute approximate surface area is 183 Å². The second-order valence-electron chi connectivity index (χ2n) is 8.20. The molecule has 0 bridgehead atoms. The van der Waals surface area contributed by atoms with Gasteiger partial charge in [-0.1, -0.05) is 18.2 Å². The van der Waals surface area contributed by atoms with Gasteiger partial charge >= 0.3 is 12.2 Å². The number of amides is 2. The first-order valence-corrected chi connectivity index (χ1v) is 10.6. The van der Waals surface area contributed by atoms with E-state index in [1.165, 1.54) is 6.07 Å². The van der Waals surface area contributed by atoms with Crippen LogP contribution >= 0.6 is 0 Å². The van der Waals surface area contributed by atoms with Crippen molar-refractivity contribution in [1.82, 2.24) is 19.9 Å². The van der Waals surface area contributed by atoms with E-state index in [0.717, 1.165) is 43.5 Å². The zero-order valence-corrected chi connectivity index (χ0v) is 17.2. The number of nitrogens with zero attached hydrogens (tertiary/aromatic N) is 4. The molecule has 32 heavy (non-hydrogen) atoms. The van der Waals surface area contributed by atoms with E-state index in [9.17, 15) is 18.0 Å². The first kappa shape index (κ1) is 20.5. The third-order valence-electron chi connectivity index (χ3n) is 6.24. The number of anilines is 1. The summed E-state index contributed by atoms with van der Waals surface area (Å²) >= 11 is 0. The van der Waals surface area contributed by atoms with Crippen LogP contribution in [0.25, 0.3) is 11.3 Å².